The van der Waals surface area contributed by atoms with E-state index in [4.69, 9.17) is 5.73 Å². The lowest BCUT2D eigenvalue weighted by atomic mass is 10.2. The lowest BCUT2D eigenvalue weighted by Gasteiger charge is -2.23. The number of benzene rings is 1. The molecule has 2 rings (SSSR count). The number of nitrogens with zero attached hydrogens (tertiary/aromatic N) is 3. The summed E-state index contributed by atoms with van der Waals surface area (Å²) in [7, 11) is 1.94. The zero-order valence-electron chi connectivity index (χ0n) is 11.0. The number of nitrogen functional groups attached to an aromatic ring is 1. The average molecular weight is 244 g/mol. The van der Waals surface area contributed by atoms with Crippen molar-refractivity contribution < 1.29 is 0 Å². The number of hydrogen-bond donors (Lipinski definition) is 1. The van der Waals surface area contributed by atoms with Gasteiger partial charge < -0.3 is 10.6 Å². The minimum Gasteiger partial charge on any atom is -0.399 e. The third kappa shape index (κ3) is 3.03. The Hall–Kier alpha value is -1.97. The molecule has 0 amide bonds. The fourth-order valence-electron chi connectivity index (χ4n) is 2.06. The summed E-state index contributed by atoms with van der Waals surface area (Å²) < 4.78 is 1.84. The summed E-state index contributed by atoms with van der Waals surface area (Å²) in [5.41, 5.74) is 9.08. The molecule has 4 heteroatoms. The highest BCUT2D eigenvalue weighted by Crippen LogP contribution is 2.17. The normalized spacial score (nSPS) is 10.6. The van der Waals surface area contributed by atoms with Crippen molar-refractivity contribution in [1.29, 1.82) is 0 Å². The molecule has 96 valence electrons. The zero-order chi connectivity index (χ0) is 13.0. The predicted octanol–water partition coefficient (Wildman–Crippen LogP) is 2.07. The van der Waals surface area contributed by atoms with E-state index in [0.717, 1.165) is 25.2 Å². The van der Waals surface area contributed by atoms with Gasteiger partial charge in [-0.3, -0.25) is 4.68 Å². The smallest absolute Gasteiger partial charge is 0.0522 e. The highest BCUT2D eigenvalue weighted by molar-refractivity contribution is 5.55. The predicted molar refractivity (Wildman–Crippen MR) is 75.7 cm³/mol. The highest BCUT2D eigenvalue weighted by atomic mass is 15.2. The number of rotatable bonds is 5. The van der Waals surface area contributed by atoms with Gasteiger partial charge in [-0.2, -0.15) is 5.10 Å². The molecule has 0 saturated carbocycles. The molecule has 2 N–H and O–H groups in total. The SMILES string of the molecule is CCN(CCc1cnn(C)c1)c1cccc(N)c1. The maximum Gasteiger partial charge on any atom is 0.0522 e. The third-order valence-corrected chi connectivity index (χ3v) is 3.05. The van der Waals surface area contributed by atoms with Gasteiger partial charge in [-0.15, -0.1) is 0 Å². The van der Waals surface area contributed by atoms with E-state index in [1.165, 1.54) is 11.3 Å². The second kappa shape index (κ2) is 5.58. The monoisotopic (exact) mass is 244 g/mol. The molecule has 0 atom stereocenters. The van der Waals surface area contributed by atoms with Gasteiger partial charge in [0.25, 0.3) is 0 Å². The van der Waals surface area contributed by atoms with Crippen LogP contribution in [0.15, 0.2) is 36.7 Å². The molecule has 1 aromatic heterocycles. The average Bonchev–Trinajstić information content (AvgIpc) is 2.76. The summed E-state index contributed by atoms with van der Waals surface area (Å²) in [6, 6.07) is 8.03. The van der Waals surface area contributed by atoms with Crippen molar-refractivity contribution in [2.75, 3.05) is 23.7 Å². The first-order valence-corrected chi connectivity index (χ1v) is 6.27. The van der Waals surface area contributed by atoms with E-state index in [1.54, 1.807) is 0 Å². The Morgan fingerprint density at radius 3 is 2.83 bits per heavy atom. The van der Waals surface area contributed by atoms with Crippen molar-refractivity contribution in [3.8, 4) is 0 Å². The Balaban J connectivity index is 2.01. The van der Waals surface area contributed by atoms with Crippen LogP contribution in [0.4, 0.5) is 11.4 Å². The number of aryl methyl sites for hydroxylation is 1. The molecule has 4 nitrogen and oxygen atoms in total. The number of hydrogen-bond acceptors (Lipinski definition) is 3. The Morgan fingerprint density at radius 2 is 2.22 bits per heavy atom. The summed E-state index contributed by atoms with van der Waals surface area (Å²) >= 11 is 0. The van der Waals surface area contributed by atoms with E-state index in [-0.39, 0.29) is 0 Å². The van der Waals surface area contributed by atoms with Crippen molar-refractivity contribution in [2.45, 2.75) is 13.3 Å². The van der Waals surface area contributed by atoms with Crippen LogP contribution >= 0.6 is 0 Å². The van der Waals surface area contributed by atoms with Crippen molar-refractivity contribution in [2.24, 2.45) is 7.05 Å². The molecule has 0 bridgehead atoms. The van der Waals surface area contributed by atoms with Gasteiger partial charge >= 0.3 is 0 Å². The van der Waals surface area contributed by atoms with Crippen molar-refractivity contribution >= 4 is 11.4 Å². The molecule has 2 aromatic rings. The maximum absolute atomic E-state index is 5.82. The van der Waals surface area contributed by atoms with Crippen LogP contribution in [0.3, 0.4) is 0 Å². The number of nitrogens with two attached hydrogens (primary N) is 1. The third-order valence-electron chi connectivity index (χ3n) is 3.05. The molecule has 0 aliphatic carbocycles. The van der Waals surface area contributed by atoms with Gasteiger partial charge in [0.05, 0.1) is 6.20 Å². The van der Waals surface area contributed by atoms with Gasteiger partial charge in [-0.25, -0.2) is 0 Å². The fourth-order valence-corrected chi connectivity index (χ4v) is 2.06. The number of aromatic nitrogens is 2. The summed E-state index contributed by atoms with van der Waals surface area (Å²) in [5.74, 6) is 0. The van der Waals surface area contributed by atoms with Crippen molar-refractivity contribution in [1.82, 2.24) is 9.78 Å². The first-order chi connectivity index (χ1) is 8.69. The Bertz CT molecular complexity index is 504. The summed E-state index contributed by atoms with van der Waals surface area (Å²) in [6.45, 7) is 4.11. The Morgan fingerprint density at radius 1 is 1.39 bits per heavy atom. The molecule has 0 aliphatic rings. The van der Waals surface area contributed by atoms with Gasteiger partial charge in [0, 0.05) is 37.7 Å². The van der Waals surface area contributed by atoms with Gasteiger partial charge in [-0.05, 0) is 37.1 Å². The molecule has 18 heavy (non-hydrogen) atoms. The van der Waals surface area contributed by atoms with Crippen LogP contribution in [0.1, 0.15) is 12.5 Å². The quantitative estimate of drug-likeness (QED) is 0.819. The van der Waals surface area contributed by atoms with Crippen LogP contribution in [-0.4, -0.2) is 22.9 Å². The van der Waals surface area contributed by atoms with Gasteiger partial charge in [0.15, 0.2) is 0 Å². The maximum atomic E-state index is 5.82. The van der Waals surface area contributed by atoms with Crippen molar-refractivity contribution in [3.63, 3.8) is 0 Å². The molecular weight excluding hydrogens is 224 g/mol. The summed E-state index contributed by atoms with van der Waals surface area (Å²) in [4.78, 5) is 2.32. The van der Waals surface area contributed by atoms with Gasteiger partial charge in [0.2, 0.25) is 0 Å². The van der Waals surface area contributed by atoms with Gasteiger partial charge in [-0.1, -0.05) is 6.07 Å². The first-order valence-electron chi connectivity index (χ1n) is 6.27. The summed E-state index contributed by atoms with van der Waals surface area (Å²) in [5, 5.41) is 4.19. The highest BCUT2D eigenvalue weighted by Gasteiger charge is 2.05. The van der Waals surface area contributed by atoms with Crippen LogP contribution in [-0.2, 0) is 13.5 Å². The molecule has 0 fully saturated rings. The molecule has 1 aromatic carbocycles. The standard InChI is InChI=1S/C14H20N4/c1-3-18(14-6-4-5-13(15)9-14)8-7-12-10-16-17(2)11-12/h4-6,9-11H,3,7-8,15H2,1-2H3. The van der Waals surface area contributed by atoms with E-state index in [0.29, 0.717) is 0 Å². The second-order valence-corrected chi connectivity index (χ2v) is 4.45. The van der Waals surface area contributed by atoms with E-state index < -0.39 is 0 Å². The number of anilines is 2. The van der Waals surface area contributed by atoms with Crippen LogP contribution in [0.2, 0.25) is 0 Å². The minimum absolute atomic E-state index is 0.812. The minimum atomic E-state index is 0.812. The first kappa shape index (κ1) is 12.5. The Labute approximate surface area is 108 Å². The van der Waals surface area contributed by atoms with Crippen molar-refractivity contribution in [3.05, 3.63) is 42.2 Å². The van der Waals surface area contributed by atoms with E-state index in [9.17, 15) is 0 Å². The topological polar surface area (TPSA) is 47.1 Å². The zero-order valence-corrected chi connectivity index (χ0v) is 11.0. The van der Waals surface area contributed by atoms with Crippen LogP contribution in [0.25, 0.3) is 0 Å². The van der Waals surface area contributed by atoms with E-state index >= 15 is 0 Å². The molecule has 0 spiro atoms. The molecule has 0 saturated heterocycles. The van der Waals surface area contributed by atoms with Crippen LogP contribution in [0, 0.1) is 0 Å². The lowest BCUT2D eigenvalue weighted by molar-refractivity contribution is 0.765. The molecule has 0 radical (unpaired) electrons. The molecule has 0 aliphatic heterocycles. The van der Waals surface area contributed by atoms with Crippen LogP contribution in [0.5, 0.6) is 0 Å². The van der Waals surface area contributed by atoms with Gasteiger partial charge in [0.1, 0.15) is 0 Å². The molecule has 0 unspecified atom stereocenters. The summed E-state index contributed by atoms with van der Waals surface area (Å²) in [6.07, 6.45) is 4.98. The van der Waals surface area contributed by atoms with E-state index in [1.807, 2.05) is 36.1 Å². The lowest BCUT2D eigenvalue weighted by Crippen LogP contribution is -2.25. The fraction of sp³-hybridized carbons (Fsp3) is 0.357. The Kier molecular flexibility index (Phi) is 3.87. The largest absolute Gasteiger partial charge is 0.399 e. The second-order valence-electron chi connectivity index (χ2n) is 4.45. The molecule has 1 heterocycles. The van der Waals surface area contributed by atoms with Crippen LogP contribution < -0.4 is 10.6 Å². The van der Waals surface area contributed by atoms with E-state index in [2.05, 4.69) is 29.2 Å². The number of likely N-dealkylation sites (N-methyl/N-ethyl adjacent to an activating group) is 1. The molecular formula is C14H20N4.